The molecule has 0 aliphatic heterocycles. The molecular formula is C16H12FNO6S. The lowest BCUT2D eigenvalue weighted by atomic mass is 10.1. The number of rotatable bonds is 5. The molecule has 0 saturated heterocycles. The molecule has 0 unspecified atom stereocenters. The molecule has 0 spiro atoms. The van der Waals surface area contributed by atoms with E-state index >= 15 is 0 Å². The van der Waals surface area contributed by atoms with Crippen LogP contribution in [-0.4, -0.2) is 23.1 Å². The molecule has 1 aromatic heterocycles. The normalized spacial score (nSPS) is 11.6. The van der Waals surface area contributed by atoms with Gasteiger partial charge in [-0.3, -0.25) is 4.55 Å². The van der Waals surface area contributed by atoms with Crippen molar-refractivity contribution in [2.24, 2.45) is 0 Å². The number of hydrogen-bond acceptors (Lipinski definition) is 6. The molecule has 0 aliphatic rings. The van der Waals surface area contributed by atoms with E-state index in [1.807, 2.05) is 0 Å². The van der Waals surface area contributed by atoms with Gasteiger partial charge in [-0.25, -0.2) is 9.37 Å². The van der Waals surface area contributed by atoms with Crippen LogP contribution in [0, 0.1) is 5.82 Å². The third-order valence-corrected chi connectivity index (χ3v) is 3.68. The highest BCUT2D eigenvalue weighted by molar-refractivity contribution is 7.81. The van der Waals surface area contributed by atoms with Gasteiger partial charge in [-0.15, -0.1) is 6.58 Å². The Bertz CT molecular complexity index is 1070. The van der Waals surface area contributed by atoms with Gasteiger partial charge in [0, 0.05) is 17.2 Å². The van der Waals surface area contributed by atoms with E-state index in [4.69, 9.17) is 8.97 Å². The van der Waals surface area contributed by atoms with Crippen LogP contribution >= 0.6 is 0 Å². The molecule has 3 aromatic rings. The van der Waals surface area contributed by atoms with Crippen molar-refractivity contribution in [3.63, 3.8) is 0 Å². The Kier molecular flexibility index (Phi) is 4.19. The number of nitrogens with zero attached hydrogens (tertiary/aromatic N) is 1. The molecule has 0 atom stereocenters. The molecule has 7 nitrogen and oxygen atoms in total. The Hall–Kier alpha value is -2.91. The number of halogens is 1. The number of aromatic hydroxyl groups is 1. The van der Waals surface area contributed by atoms with Crippen LogP contribution < -0.4 is 4.18 Å². The maximum absolute atomic E-state index is 14.0. The molecule has 0 radical (unpaired) electrons. The van der Waals surface area contributed by atoms with Crippen molar-refractivity contribution in [1.29, 1.82) is 0 Å². The lowest BCUT2D eigenvalue weighted by Gasteiger charge is -2.03. The number of phenolic OH excluding ortho intramolecular Hbond substituents is 1. The Morgan fingerprint density at radius 3 is 2.72 bits per heavy atom. The summed E-state index contributed by atoms with van der Waals surface area (Å²) in [6, 6.07) is 6.22. The summed E-state index contributed by atoms with van der Waals surface area (Å²) in [5.41, 5.74) is 1.69. The zero-order valence-corrected chi connectivity index (χ0v) is 13.5. The second kappa shape index (κ2) is 6.19. The smallest absolute Gasteiger partial charge is 0.446 e. The first-order valence-corrected chi connectivity index (χ1v) is 8.33. The first-order valence-electron chi connectivity index (χ1n) is 6.97. The standard InChI is InChI=1S/C16H12FNO6S/c1-2-3-9-6-11(19)8-13-15(9)23-16(18-13)10-4-5-14(12(17)7-10)24-25(20,21)22/h2,4-8,19H,1,3H2,(H,20,21,22). The second-order valence-corrected chi connectivity index (χ2v) is 6.14. The van der Waals surface area contributed by atoms with Crippen LogP contribution in [0.15, 0.2) is 47.4 Å². The summed E-state index contributed by atoms with van der Waals surface area (Å²) in [5, 5.41) is 9.73. The van der Waals surface area contributed by atoms with Crippen LogP contribution in [0.25, 0.3) is 22.6 Å². The van der Waals surface area contributed by atoms with E-state index in [9.17, 15) is 17.9 Å². The van der Waals surface area contributed by atoms with Crippen LogP contribution in [-0.2, 0) is 16.8 Å². The molecule has 0 aliphatic carbocycles. The fourth-order valence-electron chi connectivity index (χ4n) is 2.33. The van der Waals surface area contributed by atoms with E-state index in [0.717, 1.165) is 12.1 Å². The number of aromatic nitrogens is 1. The van der Waals surface area contributed by atoms with Crippen LogP contribution in [0.5, 0.6) is 11.5 Å². The van der Waals surface area contributed by atoms with Crippen molar-refractivity contribution < 1.29 is 31.1 Å². The fraction of sp³-hybridized carbons (Fsp3) is 0.0625. The van der Waals surface area contributed by atoms with Crippen molar-refractivity contribution in [2.45, 2.75) is 6.42 Å². The summed E-state index contributed by atoms with van der Waals surface area (Å²) >= 11 is 0. The summed E-state index contributed by atoms with van der Waals surface area (Å²) in [5.74, 6) is -1.60. The van der Waals surface area contributed by atoms with Crippen molar-refractivity contribution in [1.82, 2.24) is 4.98 Å². The average molecular weight is 365 g/mol. The largest absolute Gasteiger partial charge is 0.508 e. The molecule has 2 N–H and O–H groups in total. The minimum absolute atomic E-state index is 0.00674. The van der Waals surface area contributed by atoms with E-state index in [1.54, 1.807) is 6.08 Å². The van der Waals surface area contributed by atoms with Gasteiger partial charge in [0.2, 0.25) is 5.89 Å². The van der Waals surface area contributed by atoms with Crippen LogP contribution in [0.3, 0.4) is 0 Å². The highest BCUT2D eigenvalue weighted by Crippen LogP contribution is 2.32. The van der Waals surface area contributed by atoms with Gasteiger partial charge >= 0.3 is 10.4 Å². The molecule has 25 heavy (non-hydrogen) atoms. The average Bonchev–Trinajstić information content (AvgIpc) is 2.92. The monoisotopic (exact) mass is 365 g/mol. The van der Waals surface area contributed by atoms with Gasteiger partial charge in [0.25, 0.3) is 0 Å². The van der Waals surface area contributed by atoms with E-state index < -0.39 is 22.0 Å². The highest BCUT2D eigenvalue weighted by atomic mass is 32.3. The minimum atomic E-state index is -4.83. The third kappa shape index (κ3) is 3.62. The van der Waals surface area contributed by atoms with Gasteiger partial charge in [-0.2, -0.15) is 8.42 Å². The van der Waals surface area contributed by atoms with E-state index in [0.29, 0.717) is 23.1 Å². The SMILES string of the molecule is C=CCc1cc(O)cc2nc(-c3ccc(OS(=O)(=O)O)c(F)c3)oc12. The van der Waals surface area contributed by atoms with Crippen LogP contribution in [0.4, 0.5) is 4.39 Å². The molecule has 0 bridgehead atoms. The predicted molar refractivity (Wildman–Crippen MR) is 87.1 cm³/mol. The third-order valence-electron chi connectivity index (χ3n) is 3.29. The Labute approximate surface area is 142 Å². The number of oxazole rings is 1. The van der Waals surface area contributed by atoms with Crippen LogP contribution in [0.2, 0.25) is 0 Å². The van der Waals surface area contributed by atoms with Crippen LogP contribution in [0.1, 0.15) is 5.56 Å². The topological polar surface area (TPSA) is 110 Å². The quantitative estimate of drug-likeness (QED) is 0.527. The van der Waals surface area contributed by atoms with E-state index in [2.05, 4.69) is 15.7 Å². The van der Waals surface area contributed by atoms with Gasteiger partial charge in [-0.1, -0.05) is 6.08 Å². The van der Waals surface area contributed by atoms with Crippen molar-refractivity contribution in [3.8, 4) is 23.0 Å². The zero-order chi connectivity index (χ0) is 18.2. The van der Waals surface area contributed by atoms with Gasteiger partial charge in [0.05, 0.1) is 0 Å². The predicted octanol–water partition coefficient (Wildman–Crippen LogP) is 3.25. The molecule has 130 valence electrons. The van der Waals surface area contributed by atoms with Crippen molar-refractivity contribution in [3.05, 3.63) is 54.4 Å². The summed E-state index contributed by atoms with van der Waals surface area (Å²) in [6.07, 6.45) is 2.08. The van der Waals surface area contributed by atoms with Gasteiger partial charge in [-0.05, 0) is 30.7 Å². The van der Waals surface area contributed by atoms with E-state index in [-0.39, 0.29) is 17.2 Å². The molecule has 3 rings (SSSR count). The van der Waals surface area contributed by atoms with Gasteiger partial charge in [0.1, 0.15) is 11.3 Å². The Balaban J connectivity index is 2.06. The summed E-state index contributed by atoms with van der Waals surface area (Å²) in [7, 11) is -4.83. The maximum atomic E-state index is 14.0. The highest BCUT2D eigenvalue weighted by Gasteiger charge is 2.17. The number of phenols is 1. The number of hydrogen-bond donors (Lipinski definition) is 2. The molecular weight excluding hydrogens is 353 g/mol. The molecule has 2 aromatic carbocycles. The summed E-state index contributed by atoms with van der Waals surface area (Å²) in [6.45, 7) is 3.63. The molecule has 0 saturated carbocycles. The zero-order valence-electron chi connectivity index (χ0n) is 12.6. The molecule has 0 amide bonds. The second-order valence-electron chi connectivity index (χ2n) is 5.12. The Morgan fingerprint density at radius 2 is 2.08 bits per heavy atom. The number of benzene rings is 2. The Morgan fingerprint density at radius 1 is 1.32 bits per heavy atom. The number of allylic oxidation sites excluding steroid dienone is 1. The first-order chi connectivity index (χ1) is 11.8. The number of fused-ring (bicyclic) bond motifs is 1. The van der Waals surface area contributed by atoms with Crippen molar-refractivity contribution >= 4 is 21.5 Å². The summed E-state index contributed by atoms with van der Waals surface area (Å²) < 4.78 is 53.6. The maximum Gasteiger partial charge on any atom is 0.446 e. The van der Waals surface area contributed by atoms with E-state index in [1.165, 1.54) is 18.2 Å². The molecule has 1 heterocycles. The van der Waals surface area contributed by atoms with Gasteiger partial charge in [0.15, 0.2) is 17.1 Å². The molecule has 0 fully saturated rings. The lowest BCUT2D eigenvalue weighted by Crippen LogP contribution is -2.07. The fourth-order valence-corrected chi connectivity index (χ4v) is 2.69. The van der Waals surface area contributed by atoms with Gasteiger partial charge < -0.3 is 13.7 Å². The van der Waals surface area contributed by atoms with Crippen molar-refractivity contribution in [2.75, 3.05) is 0 Å². The lowest BCUT2D eigenvalue weighted by molar-refractivity contribution is 0.376. The minimum Gasteiger partial charge on any atom is -0.508 e. The first kappa shape index (κ1) is 16.9. The summed E-state index contributed by atoms with van der Waals surface area (Å²) in [4.78, 5) is 4.20. The molecule has 9 heteroatoms.